The molecule has 0 saturated carbocycles. The van der Waals surface area contributed by atoms with Crippen LogP contribution in [0.2, 0.25) is 0 Å². The van der Waals surface area contributed by atoms with Gasteiger partial charge in [0.05, 0.1) is 17.0 Å². The monoisotopic (exact) mass is 1270 g/mol. The number of fused-ring (bicyclic) bond motifs is 13. The summed E-state index contributed by atoms with van der Waals surface area (Å²) in [6, 6.07) is 45.6. The number of carbonyl (C=O) groups excluding carboxylic acids is 1. The topological polar surface area (TPSA) is 43.8 Å². The third kappa shape index (κ3) is 11.3. The molecule has 0 spiro atoms. The van der Waals surface area contributed by atoms with E-state index in [0.29, 0.717) is 5.57 Å². The molecule has 1 N–H and O–H groups in total. The normalized spacial score (nSPS) is 17.0. The molecule has 0 aromatic heterocycles. The SMILES string of the molecule is CCCCCCCCC1(CCCCCCCC)c2cc(Br)ccc2-c2cc3c(cc21)C1=C2C(=C4c5cc6c(cc5C(c5ccccc5)=CN4C2O)-c2ccc(Br)cc2C6(CCCCCCCC)CCCCCCCC)C(=O)N1C=C3c1ccccc1. The summed E-state index contributed by atoms with van der Waals surface area (Å²) in [5.41, 5.74) is 22.2. The molecule has 86 heavy (non-hydrogen) atoms. The summed E-state index contributed by atoms with van der Waals surface area (Å²) in [5, 5.41) is 13.6. The third-order valence-corrected chi connectivity index (χ3v) is 21.7. The van der Waals surface area contributed by atoms with Gasteiger partial charge < -0.3 is 10.0 Å². The van der Waals surface area contributed by atoms with Gasteiger partial charge in [-0.15, -0.1) is 0 Å². The van der Waals surface area contributed by atoms with Gasteiger partial charge in [0.2, 0.25) is 0 Å². The van der Waals surface area contributed by atoms with Crippen LogP contribution in [0, 0.1) is 0 Å². The molecular formula is C80H92Br2N2O2. The molecular weight excluding hydrogens is 1180 g/mol. The Labute approximate surface area is 532 Å². The van der Waals surface area contributed by atoms with E-state index < -0.39 is 6.23 Å². The second-order valence-corrected chi connectivity index (χ2v) is 28.1. The van der Waals surface area contributed by atoms with Crippen molar-refractivity contribution in [1.82, 2.24) is 9.80 Å². The highest BCUT2D eigenvalue weighted by Crippen LogP contribution is 2.62. The highest BCUT2D eigenvalue weighted by molar-refractivity contribution is 9.10. The molecule has 2 aliphatic carbocycles. The fraction of sp³-hybridized carbons (Fsp3) is 0.438. The molecule has 4 aliphatic heterocycles. The number of benzene rings is 6. The summed E-state index contributed by atoms with van der Waals surface area (Å²) in [6.07, 6.45) is 37.5. The summed E-state index contributed by atoms with van der Waals surface area (Å²) in [4.78, 5) is 20.4. The van der Waals surface area contributed by atoms with Gasteiger partial charge in [-0.3, -0.25) is 9.69 Å². The summed E-state index contributed by atoms with van der Waals surface area (Å²) in [7, 11) is 0. The van der Waals surface area contributed by atoms with Gasteiger partial charge in [0, 0.05) is 60.0 Å². The number of carbonyl (C=O) groups is 1. The lowest BCUT2D eigenvalue weighted by Crippen LogP contribution is -2.32. The molecule has 0 fully saturated rings. The molecule has 6 aliphatic rings. The molecule has 6 aromatic carbocycles. The van der Waals surface area contributed by atoms with Gasteiger partial charge in [0.15, 0.2) is 6.23 Å². The van der Waals surface area contributed by atoms with Crippen molar-refractivity contribution in [1.29, 1.82) is 0 Å². The van der Waals surface area contributed by atoms with Crippen molar-refractivity contribution in [3.05, 3.63) is 209 Å². The Kier molecular flexibility index (Phi) is 19.1. The van der Waals surface area contributed by atoms with E-state index in [0.717, 1.165) is 96.1 Å². The molecule has 1 atom stereocenters. The lowest BCUT2D eigenvalue weighted by atomic mass is 9.69. The first-order valence-corrected chi connectivity index (χ1v) is 35.6. The van der Waals surface area contributed by atoms with Crippen LogP contribution in [0.25, 0.3) is 44.8 Å². The van der Waals surface area contributed by atoms with E-state index >= 15 is 4.79 Å². The maximum Gasteiger partial charge on any atom is 0.265 e. The van der Waals surface area contributed by atoms with Gasteiger partial charge in [-0.05, 0) is 141 Å². The van der Waals surface area contributed by atoms with Crippen molar-refractivity contribution in [2.24, 2.45) is 0 Å². The Hall–Kier alpha value is -5.53. The maximum atomic E-state index is 16.3. The zero-order valence-corrected chi connectivity index (χ0v) is 55.3. The average molecular weight is 1270 g/mol. The Morgan fingerprint density at radius 1 is 0.395 bits per heavy atom. The molecule has 12 rings (SSSR count). The van der Waals surface area contributed by atoms with Crippen molar-refractivity contribution in [2.75, 3.05) is 0 Å². The zero-order chi connectivity index (χ0) is 59.4. The summed E-state index contributed by atoms with van der Waals surface area (Å²) < 4.78 is 2.25. The van der Waals surface area contributed by atoms with Gasteiger partial charge in [0.25, 0.3) is 5.91 Å². The van der Waals surface area contributed by atoms with Crippen LogP contribution >= 0.6 is 31.9 Å². The smallest absolute Gasteiger partial charge is 0.265 e. The largest absolute Gasteiger partial charge is 0.369 e. The van der Waals surface area contributed by atoms with Gasteiger partial charge >= 0.3 is 0 Å². The predicted octanol–water partition coefficient (Wildman–Crippen LogP) is 23.2. The minimum Gasteiger partial charge on any atom is -0.369 e. The zero-order valence-electron chi connectivity index (χ0n) is 52.1. The summed E-state index contributed by atoms with van der Waals surface area (Å²) >= 11 is 8.00. The summed E-state index contributed by atoms with van der Waals surface area (Å²) in [6.45, 7) is 9.24. The van der Waals surface area contributed by atoms with Gasteiger partial charge in [-0.25, -0.2) is 0 Å². The fourth-order valence-corrected chi connectivity index (χ4v) is 17.1. The van der Waals surface area contributed by atoms with Crippen molar-refractivity contribution >= 4 is 60.3 Å². The fourth-order valence-electron chi connectivity index (χ4n) is 16.4. The van der Waals surface area contributed by atoms with E-state index in [2.05, 4.69) is 198 Å². The highest BCUT2D eigenvalue weighted by Gasteiger charge is 2.53. The van der Waals surface area contributed by atoms with Crippen molar-refractivity contribution < 1.29 is 9.90 Å². The average Bonchev–Trinajstić information content (AvgIpc) is 1.54. The first kappa shape index (κ1) is 60.7. The quantitative estimate of drug-likeness (QED) is 0.0457. The number of aliphatic hydroxyl groups is 1. The van der Waals surface area contributed by atoms with Crippen molar-refractivity contribution in [3.63, 3.8) is 0 Å². The third-order valence-electron chi connectivity index (χ3n) is 20.8. The van der Waals surface area contributed by atoms with Crippen molar-refractivity contribution in [2.45, 2.75) is 225 Å². The van der Waals surface area contributed by atoms with Crippen LogP contribution < -0.4 is 0 Å². The Balaban J connectivity index is 1.06. The Morgan fingerprint density at radius 3 is 1.19 bits per heavy atom. The predicted molar refractivity (Wildman–Crippen MR) is 368 cm³/mol. The van der Waals surface area contributed by atoms with Crippen LogP contribution in [0.15, 0.2) is 154 Å². The Bertz CT molecular complexity index is 3550. The van der Waals surface area contributed by atoms with Crippen LogP contribution in [0.5, 0.6) is 0 Å². The standard InChI is InChI=1S/C80H92Br2N2O2/c1-5-9-13-17-21-31-43-79(44-32-22-18-14-10-6-2)69-47-57(81)39-41-59(69)63-49-61-65(51-71(63)79)75-73-74(78(86)83(75)53-67(61)55-35-27-25-28-36-55)76-66-52-72-64(50-62(66)68(54-84(76)77(73)85)56-37-29-26-30-38-56)60-42-40-58(82)48-70(60)80(72,45-33-23-19-15-11-7-3)46-34-24-20-16-12-8-4/h25-30,35-42,47-54,77,85H,5-24,31-34,43-46H2,1-4H3. The first-order valence-electron chi connectivity index (χ1n) is 34.0. The van der Waals surface area contributed by atoms with Crippen LogP contribution in [-0.2, 0) is 15.6 Å². The van der Waals surface area contributed by atoms with Crippen LogP contribution in [0.4, 0.5) is 0 Å². The number of rotatable bonds is 30. The number of hydrogen-bond acceptors (Lipinski definition) is 3. The van der Waals surface area contributed by atoms with Gasteiger partial charge in [0.1, 0.15) is 0 Å². The lowest BCUT2D eigenvalue weighted by molar-refractivity contribution is -0.121. The van der Waals surface area contributed by atoms with Gasteiger partial charge in [-0.2, -0.15) is 0 Å². The van der Waals surface area contributed by atoms with E-state index in [-0.39, 0.29) is 16.7 Å². The first-order chi connectivity index (χ1) is 42.2. The second kappa shape index (κ2) is 27.1. The second-order valence-electron chi connectivity index (χ2n) is 26.3. The maximum absolute atomic E-state index is 16.3. The van der Waals surface area contributed by atoms with Crippen LogP contribution in [-0.4, -0.2) is 27.0 Å². The number of amides is 1. The van der Waals surface area contributed by atoms with Gasteiger partial charge in [-0.1, -0.05) is 286 Å². The minimum absolute atomic E-state index is 0.0654. The summed E-state index contributed by atoms with van der Waals surface area (Å²) in [5.74, 6) is -0.0654. The van der Waals surface area contributed by atoms with E-state index in [1.54, 1.807) is 0 Å². The lowest BCUT2D eigenvalue weighted by Gasteiger charge is -2.36. The number of halogens is 2. The molecule has 0 saturated heterocycles. The van der Waals surface area contributed by atoms with E-state index in [1.165, 1.54) is 199 Å². The molecule has 1 unspecified atom stereocenters. The van der Waals surface area contributed by atoms with Crippen LogP contribution in [0.1, 0.15) is 263 Å². The number of aliphatic hydroxyl groups excluding tert-OH is 1. The molecule has 4 nitrogen and oxygen atoms in total. The molecule has 0 radical (unpaired) electrons. The highest BCUT2D eigenvalue weighted by atomic mass is 79.9. The molecule has 1 amide bonds. The van der Waals surface area contributed by atoms with E-state index in [1.807, 2.05) is 4.90 Å². The number of nitrogens with zero attached hydrogens (tertiary/aromatic N) is 2. The van der Waals surface area contributed by atoms with Crippen LogP contribution in [0.3, 0.4) is 0 Å². The van der Waals surface area contributed by atoms with E-state index in [4.69, 9.17) is 0 Å². The molecule has 448 valence electrons. The van der Waals surface area contributed by atoms with E-state index in [9.17, 15) is 5.11 Å². The number of unbranched alkanes of at least 4 members (excludes halogenated alkanes) is 20. The minimum atomic E-state index is -1.09. The van der Waals surface area contributed by atoms with Crippen molar-refractivity contribution in [3.8, 4) is 22.3 Å². The molecule has 6 heteroatoms. The number of hydrogen-bond donors (Lipinski definition) is 1. The molecule has 0 bridgehead atoms. The Morgan fingerprint density at radius 2 is 0.767 bits per heavy atom. The molecule has 6 aromatic rings. The molecule has 4 heterocycles.